The molecular formula is C24H24F3N5O5S. The van der Waals surface area contributed by atoms with Gasteiger partial charge in [-0.2, -0.15) is 13.2 Å². The van der Waals surface area contributed by atoms with Gasteiger partial charge in [-0.3, -0.25) is 4.79 Å². The summed E-state index contributed by atoms with van der Waals surface area (Å²) in [5, 5.41) is 11.2. The van der Waals surface area contributed by atoms with Crippen LogP contribution >= 0.6 is 0 Å². The molecule has 0 saturated carbocycles. The molecule has 0 saturated heterocycles. The van der Waals surface area contributed by atoms with Crippen molar-refractivity contribution in [3.05, 3.63) is 54.1 Å². The smallest absolute Gasteiger partial charge is 0.475 e. The summed E-state index contributed by atoms with van der Waals surface area (Å²) in [6, 6.07) is 13.8. The van der Waals surface area contributed by atoms with E-state index in [4.69, 9.17) is 14.9 Å². The molecule has 0 fully saturated rings. The number of likely N-dealkylation sites (N-methyl/N-ethyl adjacent to an activating group) is 1. The first-order chi connectivity index (χ1) is 17.8. The highest BCUT2D eigenvalue weighted by Crippen LogP contribution is 2.30. The molecule has 0 aliphatic rings. The molecule has 0 atom stereocenters. The largest absolute Gasteiger partial charge is 0.490 e. The Balaban J connectivity index is 0.000000505. The number of halogens is 3. The number of sulfonamides is 1. The molecule has 3 aromatic carbocycles. The summed E-state index contributed by atoms with van der Waals surface area (Å²) in [6.07, 6.45) is -5.08. The number of carboxylic acids is 1. The van der Waals surface area contributed by atoms with Crippen LogP contribution in [0.5, 0.6) is 0 Å². The lowest BCUT2D eigenvalue weighted by Gasteiger charge is -2.12. The summed E-state index contributed by atoms with van der Waals surface area (Å²) in [4.78, 5) is 33.3. The predicted octanol–water partition coefficient (Wildman–Crippen LogP) is 2.77. The molecule has 10 nitrogen and oxygen atoms in total. The van der Waals surface area contributed by atoms with Crippen molar-refractivity contribution in [1.82, 2.24) is 24.9 Å². The highest BCUT2D eigenvalue weighted by Gasteiger charge is 2.38. The molecule has 4 rings (SSSR count). The lowest BCUT2D eigenvalue weighted by Crippen LogP contribution is -2.31. The zero-order chi connectivity index (χ0) is 28.3. The van der Waals surface area contributed by atoms with Gasteiger partial charge in [-0.15, -0.1) is 0 Å². The number of amides is 1. The molecule has 14 heteroatoms. The van der Waals surface area contributed by atoms with E-state index < -0.39 is 22.2 Å². The summed E-state index contributed by atoms with van der Waals surface area (Å²) in [7, 11) is 1.62. The molecule has 0 radical (unpaired) electrons. The van der Waals surface area contributed by atoms with Gasteiger partial charge in [0.1, 0.15) is 5.52 Å². The number of hydrogen-bond acceptors (Lipinski definition) is 7. The Hall–Kier alpha value is -3.88. The third kappa shape index (κ3) is 6.33. The van der Waals surface area contributed by atoms with E-state index in [1.165, 1.54) is 7.05 Å². The van der Waals surface area contributed by atoms with Crippen molar-refractivity contribution in [1.29, 1.82) is 0 Å². The van der Waals surface area contributed by atoms with Gasteiger partial charge in [0.25, 0.3) is 5.91 Å². The van der Waals surface area contributed by atoms with Gasteiger partial charge in [-0.05, 0) is 45.4 Å². The Bertz CT molecular complexity index is 1630. The first kappa shape index (κ1) is 28.7. The Kier molecular flexibility index (Phi) is 8.49. The molecule has 1 aromatic heterocycles. The van der Waals surface area contributed by atoms with E-state index in [0.717, 1.165) is 6.54 Å². The normalized spacial score (nSPS) is 12.0. The minimum atomic E-state index is -5.08. The SMILES string of the molecule is CNS(=O)(=O)c1cccc2c1ccc1nc3cccc(C(=O)NCCN(C)C)c3nc12.O=C(O)C(F)(F)F. The molecule has 1 amide bonds. The van der Waals surface area contributed by atoms with Crippen molar-refractivity contribution < 1.29 is 36.3 Å². The fraction of sp³-hybridized carbons (Fsp3) is 0.250. The maximum Gasteiger partial charge on any atom is 0.490 e. The minimum absolute atomic E-state index is 0.172. The van der Waals surface area contributed by atoms with E-state index in [9.17, 15) is 26.4 Å². The average Bonchev–Trinajstić information content (AvgIpc) is 2.86. The van der Waals surface area contributed by atoms with Crippen molar-refractivity contribution in [3.63, 3.8) is 0 Å². The van der Waals surface area contributed by atoms with Gasteiger partial charge in [0, 0.05) is 23.9 Å². The van der Waals surface area contributed by atoms with Crippen LogP contribution in [-0.2, 0) is 14.8 Å². The van der Waals surface area contributed by atoms with E-state index in [-0.39, 0.29) is 10.8 Å². The summed E-state index contributed by atoms with van der Waals surface area (Å²) >= 11 is 0. The Morgan fingerprint density at radius 2 is 1.58 bits per heavy atom. The summed E-state index contributed by atoms with van der Waals surface area (Å²) in [5.41, 5.74) is 2.69. The topological polar surface area (TPSA) is 142 Å². The van der Waals surface area contributed by atoms with Crippen molar-refractivity contribution in [2.75, 3.05) is 34.2 Å². The van der Waals surface area contributed by atoms with Crippen LogP contribution in [0.3, 0.4) is 0 Å². The summed E-state index contributed by atoms with van der Waals surface area (Å²) < 4.78 is 59.0. The zero-order valence-corrected chi connectivity index (χ0v) is 21.3. The lowest BCUT2D eigenvalue weighted by atomic mass is 10.1. The second-order valence-corrected chi connectivity index (χ2v) is 10.1. The van der Waals surface area contributed by atoms with E-state index >= 15 is 0 Å². The molecular weight excluding hydrogens is 527 g/mol. The van der Waals surface area contributed by atoms with Crippen LogP contribution in [0.25, 0.3) is 32.8 Å². The van der Waals surface area contributed by atoms with Crippen LogP contribution in [0, 0.1) is 0 Å². The van der Waals surface area contributed by atoms with Crippen molar-refractivity contribution >= 4 is 54.7 Å². The second-order valence-electron chi connectivity index (χ2n) is 8.25. The predicted molar refractivity (Wildman–Crippen MR) is 135 cm³/mol. The molecule has 202 valence electrons. The zero-order valence-electron chi connectivity index (χ0n) is 20.5. The number of nitrogens with one attached hydrogen (secondary N) is 2. The summed E-state index contributed by atoms with van der Waals surface area (Å²) in [5.74, 6) is -2.98. The number of benzene rings is 3. The molecule has 3 N–H and O–H groups in total. The first-order valence-corrected chi connectivity index (χ1v) is 12.5. The second kappa shape index (κ2) is 11.2. The summed E-state index contributed by atoms with van der Waals surface area (Å²) in [6.45, 7) is 1.23. The van der Waals surface area contributed by atoms with Gasteiger partial charge >= 0.3 is 12.1 Å². The number of fused-ring (bicyclic) bond motifs is 4. The first-order valence-electron chi connectivity index (χ1n) is 11.0. The van der Waals surface area contributed by atoms with E-state index in [0.29, 0.717) is 44.9 Å². The number of nitrogens with zero attached hydrogens (tertiary/aromatic N) is 3. The number of aliphatic carboxylic acids is 1. The molecule has 1 heterocycles. The average molecular weight is 552 g/mol. The molecule has 0 spiro atoms. The molecule has 0 bridgehead atoms. The highest BCUT2D eigenvalue weighted by molar-refractivity contribution is 7.89. The number of hydrogen-bond donors (Lipinski definition) is 3. The van der Waals surface area contributed by atoms with Gasteiger partial charge in [-0.1, -0.05) is 24.3 Å². The van der Waals surface area contributed by atoms with Crippen LogP contribution in [0.15, 0.2) is 53.4 Å². The van der Waals surface area contributed by atoms with Crippen LogP contribution in [0.2, 0.25) is 0 Å². The Labute approximate surface area is 215 Å². The third-order valence-corrected chi connectivity index (χ3v) is 6.81. The lowest BCUT2D eigenvalue weighted by molar-refractivity contribution is -0.192. The van der Waals surface area contributed by atoms with Crippen molar-refractivity contribution in [2.45, 2.75) is 11.1 Å². The minimum Gasteiger partial charge on any atom is -0.475 e. The Morgan fingerprint density at radius 1 is 0.947 bits per heavy atom. The third-order valence-electron chi connectivity index (χ3n) is 5.34. The van der Waals surface area contributed by atoms with Crippen LogP contribution in [0.1, 0.15) is 10.4 Å². The molecule has 0 aliphatic heterocycles. The van der Waals surface area contributed by atoms with Crippen LogP contribution < -0.4 is 10.0 Å². The maximum atomic E-state index is 12.8. The number of para-hydroxylation sites is 1. The standard InChI is InChI=1S/C22H23N5O3S.C2HF3O2/c1-23-31(29,30)19-9-5-6-15-14(19)10-11-18-20(15)26-21-16(7-4-8-17(21)25-18)22(28)24-12-13-27(2)3;3-2(4,5)1(6)7/h4-11,23H,12-13H2,1-3H3,(H,24,28);(H,6,7). The van der Waals surface area contributed by atoms with Crippen LogP contribution in [-0.4, -0.2) is 80.7 Å². The van der Waals surface area contributed by atoms with Gasteiger partial charge < -0.3 is 15.3 Å². The highest BCUT2D eigenvalue weighted by atomic mass is 32.2. The van der Waals surface area contributed by atoms with Crippen molar-refractivity contribution in [3.8, 4) is 0 Å². The fourth-order valence-electron chi connectivity index (χ4n) is 3.51. The maximum absolute atomic E-state index is 12.8. The molecule has 0 unspecified atom stereocenters. The molecule has 38 heavy (non-hydrogen) atoms. The fourth-order valence-corrected chi connectivity index (χ4v) is 4.45. The Morgan fingerprint density at radius 3 is 2.18 bits per heavy atom. The van der Waals surface area contributed by atoms with E-state index in [1.54, 1.807) is 36.4 Å². The number of carbonyl (C=O) groups excluding carboxylic acids is 1. The number of carboxylic acid groups (broad SMARTS) is 1. The number of carbonyl (C=O) groups is 2. The van der Waals surface area contributed by atoms with Gasteiger partial charge in [0.2, 0.25) is 10.0 Å². The van der Waals surface area contributed by atoms with Crippen LogP contribution in [0.4, 0.5) is 13.2 Å². The van der Waals surface area contributed by atoms with E-state index in [1.807, 2.05) is 31.1 Å². The van der Waals surface area contributed by atoms with Crippen molar-refractivity contribution in [2.24, 2.45) is 0 Å². The molecule has 0 aliphatic carbocycles. The van der Waals surface area contributed by atoms with Gasteiger partial charge in [0.15, 0.2) is 0 Å². The van der Waals surface area contributed by atoms with Gasteiger partial charge in [0.05, 0.1) is 27.0 Å². The quantitative estimate of drug-likeness (QED) is 0.245. The van der Waals surface area contributed by atoms with E-state index in [2.05, 4.69) is 15.0 Å². The number of rotatable bonds is 6. The number of aromatic nitrogens is 2. The van der Waals surface area contributed by atoms with Gasteiger partial charge in [-0.25, -0.2) is 27.9 Å². The molecule has 4 aromatic rings. The number of alkyl halides is 3. The monoisotopic (exact) mass is 551 g/mol.